The van der Waals surface area contributed by atoms with Crippen molar-refractivity contribution in [3.8, 4) is 0 Å². The Bertz CT molecular complexity index is 393. The van der Waals surface area contributed by atoms with Gasteiger partial charge in [0.2, 0.25) is 0 Å². The minimum absolute atomic E-state index is 0.366. The molecular formula is C21H36O. The lowest BCUT2D eigenvalue weighted by molar-refractivity contribution is -0.0534. The van der Waals surface area contributed by atoms with E-state index in [0.717, 1.165) is 0 Å². The van der Waals surface area contributed by atoms with Gasteiger partial charge in [-0.3, -0.25) is 0 Å². The molecule has 0 N–H and O–H groups in total. The third-order valence-corrected chi connectivity index (χ3v) is 5.30. The van der Waals surface area contributed by atoms with Crippen molar-refractivity contribution in [2.24, 2.45) is 11.3 Å². The molecule has 3 atom stereocenters. The van der Waals surface area contributed by atoms with Crippen molar-refractivity contribution in [3.63, 3.8) is 0 Å². The normalized spacial score (nSPS) is 36.1. The highest BCUT2D eigenvalue weighted by atomic mass is 16.5. The third-order valence-electron chi connectivity index (χ3n) is 5.30. The molecule has 0 saturated heterocycles. The Morgan fingerprint density at radius 2 is 1.86 bits per heavy atom. The molecule has 126 valence electrons. The van der Waals surface area contributed by atoms with Gasteiger partial charge < -0.3 is 4.74 Å². The van der Waals surface area contributed by atoms with Gasteiger partial charge in [-0.1, -0.05) is 51.0 Å². The second kappa shape index (κ2) is 8.34. The van der Waals surface area contributed by atoms with Gasteiger partial charge in [-0.25, -0.2) is 0 Å². The highest BCUT2D eigenvalue weighted by molar-refractivity contribution is 5.05. The van der Waals surface area contributed by atoms with Gasteiger partial charge in [-0.15, -0.1) is 0 Å². The van der Waals surface area contributed by atoms with Crippen molar-refractivity contribution in [2.75, 3.05) is 0 Å². The van der Waals surface area contributed by atoms with Crippen molar-refractivity contribution < 1.29 is 4.74 Å². The number of rotatable bonds is 4. The van der Waals surface area contributed by atoms with Crippen LogP contribution in [0.4, 0.5) is 0 Å². The van der Waals surface area contributed by atoms with E-state index in [9.17, 15) is 0 Å². The van der Waals surface area contributed by atoms with Crippen LogP contribution in [0.5, 0.6) is 0 Å². The Labute approximate surface area is 138 Å². The summed E-state index contributed by atoms with van der Waals surface area (Å²) in [6, 6.07) is 0. The fourth-order valence-electron chi connectivity index (χ4n) is 4.35. The van der Waals surface area contributed by atoms with E-state index in [1.807, 2.05) is 0 Å². The molecule has 0 spiro atoms. The van der Waals surface area contributed by atoms with Gasteiger partial charge in [-0.05, 0) is 69.6 Å². The quantitative estimate of drug-likeness (QED) is 0.429. The summed E-state index contributed by atoms with van der Waals surface area (Å²) in [5, 5.41) is 0. The summed E-state index contributed by atoms with van der Waals surface area (Å²) in [4.78, 5) is 0. The average Bonchev–Trinajstić information content (AvgIpc) is 2.64. The molecule has 0 radical (unpaired) electrons. The van der Waals surface area contributed by atoms with Crippen LogP contribution < -0.4 is 0 Å². The first kappa shape index (κ1) is 17.8. The predicted molar refractivity (Wildman–Crippen MR) is 96.1 cm³/mol. The smallest absolute Gasteiger partial charge is 0.0587 e. The summed E-state index contributed by atoms with van der Waals surface area (Å²) in [5.41, 5.74) is 2.04. The summed E-state index contributed by atoms with van der Waals surface area (Å²) in [7, 11) is 0. The molecule has 0 aromatic carbocycles. The lowest BCUT2D eigenvalue weighted by Gasteiger charge is -2.37. The summed E-state index contributed by atoms with van der Waals surface area (Å²) in [6.45, 7) is 9.12. The Balaban J connectivity index is 1.86. The van der Waals surface area contributed by atoms with Gasteiger partial charge in [0, 0.05) is 0 Å². The molecule has 1 heteroatoms. The second-order valence-corrected chi connectivity index (χ2v) is 8.13. The molecule has 0 aromatic heterocycles. The van der Waals surface area contributed by atoms with Crippen LogP contribution in [0.3, 0.4) is 0 Å². The largest absolute Gasteiger partial charge is 0.375 e. The molecule has 2 saturated carbocycles. The Morgan fingerprint density at radius 3 is 2.59 bits per heavy atom. The van der Waals surface area contributed by atoms with Crippen LogP contribution in [0.1, 0.15) is 85.5 Å². The second-order valence-electron chi connectivity index (χ2n) is 8.13. The SMILES string of the molecule is C/C=C/C1(C)CCC[C@H](O[C@@H]2CCC/C(=C/C(C)C)CC2)C1. The summed E-state index contributed by atoms with van der Waals surface area (Å²) in [6.07, 6.45) is 19.5. The first-order valence-electron chi connectivity index (χ1n) is 9.49. The van der Waals surface area contributed by atoms with Crippen LogP contribution in [-0.2, 0) is 4.74 Å². The lowest BCUT2D eigenvalue weighted by atomic mass is 9.74. The van der Waals surface area contributed by atoms with Crippen LogP contribution in [0.25, 0.3) is 0 Å². The molecule has 2 aliphatic rings. The maximum absolute atomic E-state index is 6.55. The molecule has 0 aromatic rings. The molecule has 0 bridgehead atoms. The van der Waals surface area contributed by atoms with Crippen molar-refractivity contribution in [1.82, 2.24) is 0 Å². The number of hydrogen-bond donors (Lipinski definition) is 0. The zero-order valence-corrected chi connectivity index (χ0v) is 15.2. The molecule has 0 aliphatic heterocycles. The number of hydrogen-bond acceptors (Lipinski definition) is 1. The lowest BCUT2D eigenvalue weighted by Crippen LogP contribution is -2.32. The third kappa shape index (κ3) is 5.57. The van der Waals surface area contributed by atoms with Crippen molar-refractivity contribution in [1.29, 1.82) is 0 Å². The Kier molecular flexibility index (Phi) is 6.74. The van der Waals surface area contributed by atoms with Gasteiger partial charge in [0.05, 0.1) is 12.2 Å². The molecule has 0 amide bonds. The van der Waals surface area contributed by atoms with Crippen molar-refractivity contribution in [2.45, 2.75) is 97.7 Å². The van der Waals surface area contributed by atoms with Gasteiger partial charge in [0.25, 0.3) is 0 Å². The van der Waals surface area contributed by atoms with Gasteiger partial charge in [-0.2, -0.15) is 0 Å². The van der Waals surface area contributed by atoms with E-state index in [-0.39, 0.29) is 0 Å². The van der Waals surface area contributed by atoms with E-state index in [0.29, 0.717) is 23.5 Å². The fraction of sp³-hybridized carbons (Fsp3) is 0.810. The van der Waals surface area contributed by atoms with Crippen LogP contribution in [0.2, 0.25) is 0 Å². The predicted octanol–water partition coefficient (Wildman–Crippen LogP) is 6.44. The van der Waals surface area contributed by atoms with Crippen LogP contribution in [-0.4, -0.2) is 12.2 Å². The Morgan fingerprint density at radius 1 is 1.09 bits per heavy atom. The first-order valence-corrected chi connectivity index (χ1v) is 9.49. The zero-order chi connectivity index (χ0) is 16.0. The standard InChI is InChI=1S/C21H36O/c1-5-13-21(4)14-7-10-20(16-21)22-19-9-6-8-18(11-12-19)15-17(2)3/h5,13,15,17,19-20H,6-12,14,16H2,1-4H3/b13-5+,18-15-/t19-,20+,21?/m1/s1. The van der Waals surface area contributed by atoms with Gasteiger partial charge in [0.15, 0.2) is 0 Å². The summed E-state index contributed by atoms with van der Waals surface area (Å²) < 4.78 is 6.55. The van der Waals surface area contributed by atoms with Crippen LogP contribution >= 0.6 is 0 Å². The highest BCUT2D eigenvalue weighted by Crippen LogP contribution is 2.39. The molecule has 22 heavy (non-hydrogen) atoms. The minimum atomic E-state index is 0.366. The maximum Gasteiger partial charge on any atom is 0.0587 e. The van der Waals surface area contributed by atoms with Gasteiger partial charge in [0.1, 0.15) is 0 Å². The molecule has 2 rings (SSSR count). The Hall–Kier alpha value is -0.560. The van der Waals surface area contributed by atoms with E-state index >= 15 is 0 Å². The van der Waals surface area contributed by atoms with E-state index in [1.165, 1.54) is 57.8 Å². The van der Waals surface area contributed by atoms with Crippen LogP contribution in [0, 0.1) is 11.3 Å². The fourth-order valence-corrected chi connectivity index (χ4v) is 4.35. The topological polar surface area (TPSA) is 9.23 Å². The molecule has 0 heterocycles. The van der Waals surface area contributed by atoms with E-state index in [2.05, 4.69) is 45.9 Å². The van der Waals surface area contributed by atoms with Crippen LogP contribution in [0.15, 0.2) is 23.8 Å². The average molecular weight is 305 g/mol. The molecular weight excluding hydrogens is 268 g/mol. The summed E-state index contributed by atoms with van der Waals surface area (Å²) >= 11 is 0. The maximum atomic E-state index is 6.55. The highest BCUT2D eigenvalue weighted by Gasteiger charge is 2.31. The van der Waals surface area contributed by atoms with Crippen molar-refractivity contribution >= 4 is 0 Å². The number of ether oxygens (including phenoxy) is 1. The monoisotopic (exact) mass is 304 g/mol. The molecule has 2 aliphatic carbocycles. The van der Waals surface area contributed by atoms with Gasteiger partial charge >= 0.3 is 0 Å². The van der Waals surface area contributed by atoms with E-state index in [4.69, 9.17) is 4.74 Å². The molecule has 1 nitrogen and oxygen atoms in total. The van der Waals surface area contributed by atoms with E-state index < -0.39 is 0 Å². The molecule has 2 fully saturated rings. The summed E-state index contributed by atoms with van der Waals surface area (Å²) in [5.74, 6) is 0.687. The first-order chi connectivity index (χ1) is 10.5. The molecule has 1 unspecified atom stereocenters. The minimum Gasteiger partial charge on any atom is -0.375 e. The zero-order valence-electron chi connectivity index (χ0n) is 15.2. The van der Waals surface area contributed by atoms with E-state index in [1.54, 1.807) is 5.57 Å². The number of allylic oxidation sites excluding steroid dienone is 4. The van der Waals surface area contributed by atoms with Crippen molar-refractivity contribution in [3.05, 3.63) is 23.8 Å².